The predicted molar refractivity (Wildman–Crippen MR) is 130 cm³/mol. The molecule has 2 heterocycles. The number of anilines is 2. The van der Waals surface area contributed by atoms with Crippen molar-refractivity contribution in [3.05, 3.63) is 95.1 Å². The third kappa shape index (κ3) is 4.36. The van der Waals surface area contributed by atoms with Crippen molar-refractivity contribution in [2.45, 2.75) is 31.1 Å². The van der Waals surface area contributed by atoms with E-state index in [0.29, 0.717) is 0 Å². The Hall–Kier alpha value is -3.60. The van der Waals surface area contributed by atoms with E-state index in [1.165, 1.54) is 27.9 Å². The molecule has 5 nitrogen and oxygen atoms in total. The van der Waals surface area contributed by atoms with Gasteiger partial charge < -0.3 is 14.4 Å². The maximum Gasteiger partial charge on any atom is 0.411 e. The molecule has 0 aromatic heterocycles. The number of carbonyl (C=O) groups is 2. The van der Waals surface area contributed by atoms with Gasteiger partial charge in [-0.1, -0.05) is 60.7 Å². The first kappa shape index (κ1) is 21.3. The quantitative estimate of drug-likeness (QED) is 0.394. The van der Waals surface area contributed by atoms with Crippen LogP contribution in [-0.4, -0.2) is 32.1 Å². The van der Waals surface area contributed by atoms with Gasteiger partial charge in [0.1, 0.15) is 6.29 Å². The van der Waals surface area contributed by atoms with Crippen molar-refractivity contribution in [2.24, 2.45) is 0 Å². The van der Waals surface area contributed by atoms with Crippen LogP contribution in [-0.2, 0) is 9.53 Å². The lowest BCUT2D eigenvalue weighted by molar-refractivity contribution is -0.108. The average molecular weight is 441 g/mol. The van der Waals surface area contributed by atoms with Crippen molar-refractivity contribution in [2.75, 3.05) is 29.9 Å². The maximum absolute atomic E-state index is 12.4. The van der Waals surface area contributed by atoms with E-state index in [2.05, 4.69) is 70.9 Å². The lowest BCUT2D eigenvalue weighted by Crippen LogP contribution is -2.37. The summed E-state index contributed by atoms with van der Waals surface area (Å²) in [5.74, 6) is 0.553. The van der Waals surface area contributed by atoms with Gasteiger partial charge in [-0.15, -0.1) is 0 Å². The highest BCUT2D eigenvalue weighted by atomic mass is 16.5. The number of aldehydes is 1. The van der Waals surface area contributed by atoms with Crippen LogP contribution in [0.1, 0.15) is 53.4 Å². The van der Waals surface area contributed by atoms with Crippen molar-refractivity contribution < 1.29 is 14.3 Å². The predicted octanol–water partition coefficient (Wildman–Crippen LogP) is 5.70. The number of benzene rings is 3. The van der Waals surface area contributed by atoms with E-state index in [1.54, 1.807) is 0 Å². The van der Waals surface area contributed by atoms with E-state index in [-0.39, 0.29) is 24.9 Å². The summed E-state index contributed by atoms with van der Waals surface area (Å²) in [7, 11) is 0. The molecule has 2 aliphatic heterocycles. The smallest absolute Gasteiger partial charge is 0.411 e. The summed E-state index contributed by atoms with van der Waals surface area (Å²) in [4.78, 5) is 25.4. The lowest BCUT2D eigenvalue weighted by Gasteiger charge is -2.43. The zero-order valence-electron chi connectivity index (χ0n) is 18.6. The van der Waals surface area contributed by atoms with Crippen LogP contribution < -0.4 is 10.2 Å². The summed E-state index contributed by atoms with van der Waals surface area (Å²) in [6.45, 7) is 2.14. The minimum atomic E-state index is -0.528. The number of carbonyl (C=O) groups excluding carboxylic acids is 2. The molecule has 0 fully saturated rings. The second kappa shape index (κ2) is 9.49. The van der Waals surface area contributed by atoms with Gasteiger partial charge >= 0.3 is 6.09 Å². The molecule has 3 aromatic carbocycles. The molecule has 5 heteroatoms. The summed E-state index contributed by atoms with van der Waals surface area (Å²) in [5, 5.41) is 2.91. The standard InChI is InChI=1S/C28H28N2O3/c31-16-7-17-33-28(32)29-22-18-25-23(20-8-3-1-4-9-20)12-14-30-15-13-24(26(19-22)27(25)30)21-10-5-2-6-11-21/h1-6,8-11,16,18-19,23-24H,7,12-15,17H2,(H,29,32). The molecule has 0 spiro atoms. The molecule has 168 valence electrons. The molecule has 2 aliphatic rings. The maximum atomic E-state index is 12.4. The van der Waals surface area contributed by atoms with Gasteiger partial charge in [-0.3, -0.25) is 5.32 Å². The van der Waals surface area contributed by atoms with Crippen LogP contribution in [0, 0.1) is 0 Å². The van der Waals surface area contributed by atoms with E-state index in [0.717, 1.165) is 37.9 Å². The number of nitrogens with zero attached hydrogens (tertiary/aromatic N) is 1. The molecule has 0 saturated heterocycles. The van der Waals surface area contributed by atoms with Crippen LogP contribution in [0.5, 0.6) is 0 Å². The summed E-state index contributed by atoms with van der Waals surface area (Å²) in [6, 6.07) is 25.4. The number of hydrogen-bond donors (Lipinski definition) is 1. The van der Waals surface area contributed by atoms with E-state index in [1.807, 2.05) is 12.1 Å². The Morgan fingerprint density at radius 3 is 1.97 bits per heavy atom. The molecular formula is C28H28N2O3. The topological polar surface area (TPSA) is 58.6 Å². The minimum absolute atomic E-state index is 0.0835. The van der Waals surface area contributed by atoms with Gasteiger partial charge in [0.05, 0.1) is 6.61 Å². The average Bonchev–Trinajstić information content (AvgIpc) is 2.85. The lowest BCUT2D eigenvalue weighted by atomic mass is 9.76. The number of hydrogen-bond acceptors (Lipinski definition) is 4. The fraction of sp³-hybridized carbons (Fsp3) is 0.286. The van der Waals surface area contributed by atoms with Crippen molar-refractivity contribution >= 4 is 23.8 Å². The Labute approximate surface area is 194 Å². The van der Waals surface area contributed by atoms with E-state index >= 15 is 0 Å². The molecular weight excluding hydrogens is 412 g/mol. The Morgan fingerprint density at radius 2 is 1.45 bits per heavy atom. The Bertz CT molecular complexity index is 1060. The van der Waals surface area contributed by atoms with E-state index < -0.39 is 6.09 Å². The second-order valence-electron chi connectivity index (χ2n) is 8.71. The van der Waals surface area contributed by atoms with Crippen LogP contribution in [0.2, 0.25) is 0 Å². The fourth-order valence-electron chi connectivity index (χ4n) is 5.28. The summed E-state index contributed by atoms with van der Waals surface area (Å²) < 4.78 is 5.17. The number of amides is 1. The van der Waals surface area contributed by atoms with Crippen LogP contribution in [0.25, 0.3) is 0 Å². The summed E-state index contributed by atoms with van der Waals surface area (Å²) in [6.07, 6.45) is 2.50. The second-order valence-corrected chi connectivity index (χ2v) is 8.71. The fourth-order valence-corrected chi connectivity index (χ4v) is 5.28. The number of nitrogens with one attached hydrogen (secondary N) is 1. The molecule has 2 unspecified atom stereocenters. The SMILES string of the molecule is O=CCCOC(=O)Nc1cc2c3c(c1)C(c1ccccc1)CCN3CCC2c1ccccc1. The molecule has 33 heavy (non-hydrogen) atoms. The molecule has 0 aliphatic carbocycles. The summed E-state index contributed by atoms with van der Waals surface area (Å²) in [5.41, 5.74) is 7.17. The minimum Gasteiger partial charge on any atom is -0.449 e. The largest absolute Gasteiger partial charge is 0.449 e. The highest BCUT2D eigenvalue weighted by molar-refractivity contribution is 5.86. The van der Waals surface area contributed by atoms with Gasteiger partial charge in [0.2, 0.25) is 0 Å². The summed E-state index contributed by atoms with van der Waals surface area (Å²) >= 11 is 0. The molecule has 5 rings (SSSR count). The Balaban J connectivity index is 1.58. The highest BCUT2D eigenvalue weighted by Gasteiger charge is 2.35. The van der Waals surface area contributed by atoms with Crippen molar-refractivity contribution in [3.63, 3.8) is 0 Å². The molecule has 0 bridgehead atoms. The van der Waals surface area contributed by atoms with Gasteiger partial charge in [-0.25, -0.2) is 4.79 Å². The molecule has 3 aromatic rings. The Morgan fingerprint density at radius 1 is 0.909 bits per heavy atom. The van der Waals surface area contributed by atoms with Crippen LogP contribution in [0.4, 0.5) is 16.2 Å². The van der Waals surface area contributed by atoms with Crippen molar-refractivity contribution in [1.29, 1.82) is 0 Å². The van der Waals surface area contributed by atoms with Crippen LogP contribution in [0.3, 0.4) is 0 Å². The molecule has 0 saturated carbocycles. The zero-order chi connectivity index (χ0) is 22.6. The molecule has 2 atom stereocenters. The van der Waals surface area contributed by atoms with Gasteiger partial charge in [0.15, 0.2) is 0 Å². The number of rotatable bonds is 6. The molecule has 1 amide bonds. The van der Waals surface area contributed by atoms with E-state index in [4.69, 9.17) is 4.74 Å². The Kier molecular flexibility index (Phi) is 6.11. The van der Waals surface area contributed by atoms with Crippen molar-refractivity contribution in [1.82, 2.24) is 0 Å². The van der Waals surface area contributed by atoms with Gasteiger partial charge in [-0.05, 0) is 47.2 Å². The van der Waals surface area contributed by atoms with Gasteiger partial charge in [0.25, 0.3) is 0 Å². The first-order valence-corrected chi connectivity index (χ1v) is 11.6. The normalized spacial score (nSPS) is 18.8. The van der Waals surface area contributed by atoms with Crippen LogP contribution in [0.15, 0.2) is 72.8 Å². The molecule has 0 radical (unpaired) electrons. The monoisotopic (exact) mass is 440 g/mol. The van der Waals surface area contributed by atoms with Crippen LogP contribution >= 0.6 is 0 Å². The first-order valence-electron chi connectivity index (χ1n) is 11.6. The van der Waals surface area contributed by atoms with Crippen molar-refractivity contribution in [3.8, 4) is 0 Å². The highest BCUT2D eigenvalue weighted by Crippen LogP contribution is 2.49. The third-order valence-corrected chi connectivity index (χ3v) is 6.73. The molecule has 1 N–H and O–H groups in total. The van der Waals surface area contributed by atoms with Gasteiger partial charge in [-0.2, -0.15) is 0 Å². The third-order valence-electron chi connectivity index (χ3n) is 6.73. The van der Waals surface area contributed by atoms with Gasteiger partial charge in [0, 0.05) is 42.7 Å². The zero-order valence-corrected chi connectivity index (χ0v) is 18.6. The number of ether oxygens (including phenoxy) is 1. The first-order chi connectivity index (χ1) is 16.2. The van der Waals surface area contributed by atoms with E-state index in [9.17, 15) is 9.59 Å².